The summed E-state index contributed by atoms with van der Waals surface area (Å²) in [5.41, 5.74) is 0.722. The van der Waals surface area contributed by atoms with Gasteiger partial charge in [0.05, 0.1) is 13.7 Å². The van der Waals surface area contributed by atoms with E-state index in [1.54, 1.807) is 20.3 Å². The monoisotopic (exact) mass is 170 g/mol. The van der Waals surface area contributed by atoms with E-state index in [1.807, 2.05) is 0 Å². The number of rotatable bonds is 3. The molecule has 0 saturated carbocycles. The third-order valence-electron chi connectivity index (χ3n) is 1.54. The first kappa shape index (κ1) is 9.00. The van der Waals surface area contributed by atoms with Crippen molar-refractivity contribution in [1.82, 2.24) is 0 Å². The Bertz CT molecular complexity index is 261. The van der Waals surface area contributed by atoms with Crippen molar-refractivity contribution in [2.45, 2.75) is 6.61 Å². The summed E-state index contributed by atoms with van der Waals surface area (Å²) in [6.45, 7) is 0.362. The van der Waals surface area contributed by atoms with E-state index in [2.05, 4.69) is 0 Å². The molecule has 0 atom stereocenters. The lowest BCUT2D eigenvalue weighted by Crippen LogP contribution is -1.94. The third-order valence-corrected chi connectivity index (χ3v) is 1.54. The fourth-order valence-electron chi connectivity index (χ4n) is 1.02. The predicted octanol–water partition coefficient (Wildman–Crippen LogP) is 1.98. The quantitative estimate of drug-likeness (QED) is 0.690. The Morgan fingerprint density at radius 1 is 1.33 bits per heavy atom. The van der Waals surface area contributed by atoms with Crippen molar-refractivity contribution in [3.63, 3.8) is 0 Å². The molecule has 0 saturated heterocycles. The van der Waals surface area contributed by atoms with Crippen LogP contribution in [0.15, 0.2) is 18.2 Å². The van der Waals surface area contributed by atoms with Crippen LogP contribution in [-0.2, 0) is 11.3 Å². The SMILES string of the molecule is COCc1cc(F)ccc1OC. The van der Waals surface area contributed by atoms with Crippen molar-refractivity contribution < 1.29 is 13.9 Å². The standard InChI is InChI=1S/C9H11FO2/c1-11-6-7-5-8(10)3-4-9(7)12-2/h3-5H,6H2,1-2H3. The van der Waals surface area contributed by atoms with Gasteiger partial charge in [0.1, 0.15) is 11.6 Å². The van der Waals surface area contributed by atoms with Gasteiger partial charge in [-0.15, -0.1) is 0 Å². The van der Waals surface area contributed by atoms with Crippen LogP contribution in [0.4, 0.5) is 4.39 Å². The van der Waals surface area contributed by atoms with Gasteiger partial charge in [0, 0.05) is 12.7 Å². The van der Waals surface area contributed by atoms with Crippen molar-refractivity contribution in [2.24, 2.45) is 0 Å². The van der Waals surface area contributed by atoms with Crippen LogP contribution in [0.3, 0.4) is 0 Å². The number of benzene rings is 1. The van der Waals surface area contributed by atoms with Crippen molar-refractivity contribution in [1.29, 1.82) is 0 Å². The highest BCUT2D eigenvalue weighted by molar-refractivity contribution is 5.33. The van der Waals surface area contributed by atoms with E-state index in [-0.39, 0.29) is 5.82 Å². The van der Waals surface area contributed by atoms with Gasteiger partial charge < -0.3 is 9.47 Å². The summed E-state index contributed by atoms with van der Waals surface area (Å²) in [5, 5.41) is 0. The minimum atomic E-state index is -0.275. The van der Waals surface area contributed by atoms with Crippen LogP contribution in [0.5, 0.6) is 5.75 Å². The average molecular weight is 170 g/mol. The van der Waals surface area contributed by atoms with Crippen LogP contribution in [-0.4, -0.2) is 14.2 Å². The lowest BCUT2D eigenvalue weighted by atomic mass is 10.2. The van der Waals surface area contributed by atoms with Gasteiger partial charge in [-0.3, -0.25) is 0 Å². The smallest absolute Gasteiger partial charge is 0.124 e. The molecule has 0 aromatic heterocycles. The molecule has 1 aromatic carbocycles. The fourth-order valence-corrected chi connectivity index (χ4v) is 1.02. The second-order valence-electron chi connectivity index (χ2n) is 2.39. The van der Waals surface area contributed by atoms with E-state index in [4.69, 9.17) is 9.47 Å². The molecule has 0 amide bonds. The number of ether oxygens (including phenoxy) is 2. The zero-order chi connectivity index (χ0) is 8.97. The summed E-state index contributed by atoms with van der Waals surface area (Å²) >= 11 is 0. The van der Waals surface area contributed by atoms with Gasteiger partial charge >= 0.3 is 0 Å². The Morgan fingerprint density at radius 2 is 2.08 bits per heavy atom. The molecule has 1 aromatic rings. The molecule has 0 unspecified atom stereocenters. The van der Waals surface area contributed by atoms with Gasteiger partial charge in [-0.2, -0.15) is 0 Å². The molecule has 1 rings (SSSR count). The second-order valence-corrected chi connectivity index (χ2v) is 2.39. The largest absolute Gasteiger partial charge is 0.496 e. The Hall–Kier alpha value is -1.09. The van der Waals surface area contributed by atoms with Crippen LogP contribution in [0, 0.1) is 5.82 Å². The first-order valence-corrected chi connectivity index (χ1v) is 3.59. The van der Waals surface area contributed by atoms with Crippen molar-refractivity contribution >= 4 is 0 Å². The van der Waals surface area contributed by atoms with E-state index in [9.17, 15) is 4.39 Å². The first-order chi connectivity index (χ1) is 5.77. The maximum absolute atomic E-state index is 12.7. The van der Waals surface area contributed by atoms with Crippen molar-refractivity contribution in [3.05, 3.63) is 29.6 Å². The maximum Gasteiger partial charge on any atom is 0.124 e. The summed E-state index contributed by atoms with van der Waals surface area (Å²) in [6.07, 6.45) is 0. The molecule has 0 aliphatic rings. The molecule has 3 heteroatoms. The molecule has 0 heterocycles. The van der Waals surface area contributed by atoms with Crippen LogP contribution < -0.4 is 4.74 Å². The van der Waals surface area contributed by atoms with E-state index in [0.717, 1.165) is 5.56 Å². The van der Waals surface area contributed by atoms with Gasteiger partial charge in [0.2, 0.25) is 0 Å². The molecule has 2 nitrogen and oxygen atoms in total. The second kappa shape index (κ2) is 4.07. The topological polar surface area (TPSA) is 18.5 Å². The van der Waals surface area contributed by atoms with E-state index < -0.39 is 0 Å². The summed E-state index contributed by atoms with van der Waals surface area (Å²) in [6, 6.07) is 4.35. The molecular formula is C9H11FO2. The number of methoxy groups -OCH3 is 2. The summed E-state index contributed by atoms with van der Waals surface area (Å²) < 4.78 is 22.6. The number of hydrogen-bond acceptors (Lipinski definition) is 2. The van der Waals surface area contributed by atoms with Crippen LogP contribution in [0.2, 0.25) is 0 Å². The van der Waals surface area contributed by atoms with Gasteiger partial charge in [0.15, 0.2) is 0 Å². The molecule has 0 radical (unpaired) electrons. The van der Waals surface area contributed by atoms with E-state index in [1.165, 1.54) is 12.1 Å². The maximum atomic E-state index is 12.7. The zero-order valence-electron chi connectivity index (χ0n) is 7.13. The number of hydrogen-bond donors (Lipinski definition) is 0. The van der Waals surface area contributed by atoms with Crippen molar-refractivity contribution in [2.75, 3.05) is 14.2 Å². The van der Waals surface area contributed by atoms with Gasteiger partial charge in [0.25, 0.3) is 0 Å². The highest BCUT2D eigenvalue weighted by Gasteiger charge is 2.02. The molecule has 66 valence electrons. The highest BCUT2D eigenvalue weighted by atomic mass is 19.1. The Labute approximate surface area is 70.9 Å². The molecule has 0 spiro atoms. The highest BCUT2D eigenvalue weighted by Crippen LogP contribution is 2.19. The normalized spacial score (nSPS) is 9.92. The third kappa shape index (κ3) is 1.95. The summed E-state index contributed by atoms with van der Waals surface area (Å²) in [7, 11) is 3.11. The lowest BCUT2D eigenvalue weighted by molar-refractivity contribution is 0.181. The molecule has 0 aliphatic heterocycles. The molecule has 12 heavy (non-hydrogen) atoms. The van der Waals surface area contributed by atoms with Gasteiger partial charge in [-0.05, 0) is 18.2 Å². The first-order valence-electron chi connectivity index (χ1n) is 3.59. The fraction of sp³-hybridized carbons (Fsp3) is 0.333. The average Bonchev–Trinajstić information content (AvgIpc) is 2.05. The van der Waals surface area contributed by atoms with Crippen LogP contribution in [0.1, 0.15) is 5.56 Å². The molecule has 0 N–H and O–H groups in total. The molecule has 0 bridgehead atoms. The van der Waals surface area contributed by atoms with E-state index in [0.29, 0.717) is 12.4 Å². The minimum Gasteiger partial charge on any atom is -0.496 e. The zero-order valence-corrected chi connectivity index (χ0v) is 7.13. The molecule has 0 aliphatic carbocycles. The van der Waals surface area contributed by atoms with Gasteiger partial charge in [-0.1, -0.05) is 0 Å². The van der Waals surface area contributed by atoms with Crippen LogP contribution in [0.25, 0.3) is 0 Å². The van der Waals surface area contributed by atoms with Gasteiger partial charge in [-0.25, -0.2) is 4.39 Å². The summed E-state index contributed by atoms with van der Waals surface area (Å²) in [5.74, 6) is 0.376. The van der Waals surface area contributed by atoms with Crippen molar-refractivity contribution in [3.8, 4) is 5.75 Å². The number of halogens is 1. The predicted molar refractivity (Wildman–Crippen MR) is 43.7 cm³/mol. The lowest BCUT2D eigenvalue weighted by Gasteiger charge is -2.06. The van der Waals surface area contributed by atoms with Crippen LogP contribution >= 0.6 is 0 Å². The Kier molecular flexibility index (Phi) is 3.05. The molecule has 0 fully saturated rings. The molecular weight excluding hydrogens is 159 g/mol. The Balaban J connectivity index is 2.95. The summed E-state index contributed by atoms with van der Waals surface area (Å²) in [4.78, 5) is 0. The van der Waals surface area contributed by atoms with E-state index >= 15 is 0 Å². The Morgan fingerprint density at radius 3 is 2.67 bits per heavy atom. The minimum absolute atomic E-state index is 0.275.